The summed E-state index contributed by atoms with van der Waals surface area (Å²) in [7, 11) is 0. The number of rotatable bonds is 2. The van der Waals surface area contributed by atoms with E-state index in [1.54, 1.807) is 0 Å². The summed E-state index contributed by atoms with van der Waals surface area (Å²) < 4.78 is 2.51. The summed E-state index contributed by atoms with van der Waals surface area (Å²) in [5.41, 5.74) is 11.1. The minimum absolute atomic E-state index is 0.0114. The van der Waals surface area contributed by atoms with Crippen LogP contribution in [0.1, 0.15) is 67.9 Å². The van der Waals surface area contributed by atoms with E-state index in [-0.39, 0.29) is 5.41 Å². The average Bonchev–Trinajstić information content (AvgIpc) is 2.99. The molecule has 1 atom stereocenters. The molecule has 5 rings (SSSR count). The van der Waals surface area contributed by atoms with E-state index in [1.165, 1.54) is 61.7 Å². The Balaban J connectivity index is 1.98. The molecule has 1 unspecified atom stereocenters. The van der Waals surface area contributed by atoms with E-state index in [0.29, 0.717) is 5.92 Å². The average molecular weight is 368 g/mol. The summed E-state index contributed by atoms with van der Waals surface area (Å²) in [6, 6.07) is 18.8. The Morgan fingerprint density at radius 1 is 0.857 bits per heavy atom. The standard InChI is InChI=1S/C27H29N/c1-7-18(4)19-9-11-25-22(15-19)27(5,6)23-14-17(3)13-21-20-12-16(2)8-10-24(20)28(25)26(21)23/h8-15,18H,7H2,1-6H3. The van der Waals surface area contributed by atoms with E-state index in [4.69, 9.17) is 0 Å². The predicted octanol–water partition coefficient (Wildman–Crippen LogP) is 7.55. The molecule has 1 aromatic heterocycles. The molecule has 1 aliphatic heterocycles. The lowest BCUT2D eigenvalue weighted by molar-refractivity contribution is 0.625. The first-order valence-corrected chi connectivity index (χ1v) is 10.5. The predicted molar refractivity (Wildman–Crippen MR) is 121 cm³/mol. The molecular formula is C27H29N. The van der Waals surface area contributed by atoms with Crippen molar-refractivity contribution in [3.63, 3.8) is 0 Å². The summed E-state index contributed by atoms with van der Waals surface area (Å²) in [6.07, 6.45) is 1.17. The van der Waals surface area contributed by atoms with Crippen molar-refractivity contribution in [1.29, 1.82) is 0 Å². The van der Waals surface area contributed by atoms with Gasteiger partial charge >= 0.3 is 0 Å². The fourth-order valence-corrected chi connectivity index (χ4v) is 5.07. The highest BCUT2D eigenvalue weighted by Gasteiger charge is 2.35. The van der Waals surface area contributed by atoms with Crippen LogP contribution in [0.15, 0.2) is 48.5 Å². The van der Waals surface area contributed by atoms with Gasteiger partial charge < -0.3 is 4.57 Å². The minimum atomic E-state index is -0.0114. The van der Waals surface area contributed by atoms with Crippen molar-refractivity contribution in [3.8, 4) is 5.69 Å². The van der Waals surface area contributed by atoms with Gasteiger partial charge in [0.1, 0.15) is 0 Å². The van der Waals surface area contributed by atoms with Crippen LogP contribution in [0, 0.1) is 13.8 Å². The molecule has 3 aromatic carbocycles. The van der Waals surface area contributed by atoms with Crippen molar-refractivity contribution >= 4 is 21.8 Å². The Bertz CT molecular complexity index is 1250. The van der Waals surface area contributed by atoms with Crippen molar-refractivity contribution in [3.05, 3.63) is 76.3 Å². The number of aromatic nitrogens is 1. The molecule has 0 fully saturated rings. The summed E-state index contributed by atoms with van der Waals surface area (Å²) in [4.78, 5) is 0. The maximum absolute atomic E-state index is 2.51. The van der Waals surface area contributed by atoms with Gasteiger partial charge in [-0.25, -0.2) is 0 Å². The third-order valence-corrected chi connectivity index (χ3v) is 6.95. The highest BCUT2D eigenvalue weighted by Crippen LogP contribution is 2.48. The lowest BCUT2D eigenvalue weighted by atomic mass is 9.73. The largest absolute Gasteiger partial charge is 0.309 e. The zero-order valence-corrected chi connectivity index (χ0v) is 17.9. The molecule has 1 aliphatic rings. The van der Waals surface area contributed by atoms with Crippen molar-refractivity contribution in [2.75, 3.05) is 0 Å². The highest BCUT2D eigenvalue weighted by molar-refractivity contribution is 6.12. The Kier molecular flexibility index (Phi) is 3.59. The van der Waals surface area contributed by atoms with Crippen molar-refractivity contribution in [2.24, 2.45) is 0 Å². The lowest BCUT2D eigenvalue weighted by Gasteiger charge is -2.35. The van der Waals surface area contributed by atoms with Crippen LogP contribution in [0.4, 0.5) is 0 Å². The molecule has 0 bridgehead atoms. The van der Waals surface area contributed by atoms with Gasteiger partial charge in [-0.15, -0.1) is 0 Å². The Labute approximate surface area is 168 Å². The molecule has 0 radical (unpaired) electrons. The molecule has 1 heteroatoms. The first-order chi connectivity index (χ1) is 13.3. The molecule has 0 saturated carbocycles. The third-order valence-electron chi connectivity index (χ3n) is 6.95. The van der Waals surface area contributed by atoms with Crippen LogP contribution in [0.5, 0.6) is 0 Å². The molecular weight excluding hydrogens is 338 g/mol. The first kappa shape index (κ1) is 17.6. The maximum Gasteiger partial charge on any atom is 0.0582 e. The van der Waals surface area contributed by atoms with Crippen LogP contribution in [0.25, 0.3) is 27.5 Å². The fraction of sp³-hybridized carbons (Fsp3) is 0.333. The van der Waals surface area contributed by atoms with Crippen LogP contribution in [-0.4, -0.2) is 4.57 Å². The monoisotopic (exact) mass is 367 g/mol. The smallest absolute Gasteiger partial charge is 0.0582 e. The highest BCUT2D eigenvalue weighted by atomic mass is 15.0. The summed E-state index contributed by atoms with van der Waals surface area (Å²) in [5, 5.41) is 2.76. The number of hydrogen-bond donors (Lipinski definition) is 0. The number of fused-ring (bicyclic) bond motifs is 5. The molecule has 4 aromatic rings. The molecule has 2 heterocycles. The second-order valence-corrected chi connectivity index (χ2v) is 9.28. The normalized spacial score (nSPS) is 15.8. The van der Waals surface area contributed by atoms with E-state index < -0.39 is 0 Å². The van der Waals surface area contributed by atoms with E-state index in [2.05, 4.69) is 94.6 Å². The van der Waals surface area contributed by atoms with Crippen LogP contribution in [0.2, 0.25) is 0 Å². The SMILES string of the molecule is CCC(C)c1ccc2c(c1)C(C)(C)c1cc(C)cc3c4cc(C)ccc4n-2c13. The number of benzene rings is 3. The van der Waals surface area contributed by atoms with Gasteiger partial charge in [-0.05, 0) is 67.1 Å². The van der Waals surface area contributed by atoms with Gasteiger partial charge in [0.2, 0.25) is 0 Å². The summed E-state index contributed by atoms with van der Waals surface area (Å²) in [6.45, 7) is 13.8. The van der Waals surface area contributed by atoms with Crippen molar-refractivity contribution < 1.29 is 0 Å². The van der Waals surface area contributed by atoms with Crippen molar-refractivity contribution in [1.82, 2.24) is 4.57 Å². The summed E-state index contributed by atoms with van der Waals surface area (Å²) >= 11 is 0. The van der Waals surface area contributed by atoms with E-state index in [0.717, 1.165) is 0 Å². The third kappa shape index (κ3) is 2.19. The zero-order valence-electron chi connectivity index (χ0n) is 17.9. The van der Waals surface area contributed by atoms with Crippen molar-refractivity contribution in [2.45, 2.75) is 59.3 Å². The van der Waals surface area contributed by atoms with Gasteiger partial charge in [0.15, 0.2) is 0 Å². The van der Waals surface area contributed by atoms with Crippen LogP contribution >= 0.6 is 0 Å². The molecule has 28 heavy (non-hydrogen) atoms. The second kappa shape index (κ2) is 5.73. The van der Waals surface area contributed by atoms with Crippen LogP contribution in [-0.2, 0) is 5.41 Å². The molecule has 0 spiro atoms. The lowest BCUT2D eigenvalue weighted by Crippen LogP contribution is -2.26. The van der Waals surface area contributed by atoms with Gasteiger partial charge in [0.05, 0.1) is 16.7 Å². The molecule has 0 amide bonds. The quantitative estimate of drug-likeness (QED) is 0.344. The molecule has 0 saturated heterocycles. The fourth-order valence-electron chi connectivity index (χ4n) is 5.07. The molecule has 142 valence electrons. The zero-order chi connectivity index (χ0) is 19.8. The Morgan fingerprint density at radius 3 is 2.36 bits per heavy atom. The van der Waals surface area contributed by atoms with E-state index >= 15 is 0 Å². The van der Waals surface area contributed by atoms with Crippen LogP contribution in [0.3, 0.4) is 0 Å². The van der Waals surface area contributed by atoms with Gasteiger partial charge in [0.25, 0.3) is 0 Å². The van der Waals surface area contributed by atoms with Gasteiger partial charge in [0, 0.05) is 16.2 Å². The van der Waals surface area contributed by atoms with Crippen LogP contribution < -0.4 is 0 Å². The second-order valence-electron chi connectivity index (χ2n) is 9.28. The number of hydrogen-bond acceptors (Lipinski definition) is 0. The maximum atomic E-state index is 2.51. The molecule has 1 nitrogen and oxygen atoms in total. The Morgan fingerprint density at radius 2 is 1.61 bits per heavy atom. The van der Waals surface area contributed by atoms with Gasteiger partial charge in [-0.1, -0.05) is 63.1 Å². The topological polar surface area (TPSA) is 4.93 Å². The van der Waals surface area contributed by atoms with E-state index in [1.807, 2.05) is 0 Å². The Hall–Kier alpha value is -2.54. The van der Waals surface area contributed by atoms with Gasteiger partial charge in [-0.3, -0.25) is 0 Å². The van der Waals surface area contributed by atoms with Gasteiger partial charge in [-0.2, -0.15) is 0 Å². The number of aryl methyl sites for hydroxylation is 2. The molecule has 0 N–H and O–H groups in total. The first-order valence-electron chi connectivity index (χ1n) is 10.5. The minimum Gasteiger partial charge on any atom is -0.309 e. The number of nitrogens with zero attached hydrogens (tertiary/aromatic N) is 1. The van der Waals surface area contributed by atoms with E-state index in [9.17, 15) is 0 Å². The molecule has 0 aliphatic carbocycles. The summed E-state index contributed by atoms with van der Waals surface area (Å²) in [5.74, 6) is 0.587.